The number of ether oxygens (including phenoxy) is 1. The van der Waals surface area contributed by atoms with E-state index in [2.05, 4.69) is 34.5 Å². The van der Waals surface area contributed by atoms with Gasteiger partial charge in [0.2, 0.25) is 5.91 Å². The number of carbonyl (C=O) groups excluding carboxylic acids is 2. The Hall–Kier alpha value is -2.08. The van der Waals surface area contributed by atoms with E-state index < -0.39 is 0 Å². The van der Waals surface area contributed by atoms with Crippen LogP contribution in [0, 0.1) is 0 Å². The van der Waals surface area contributed by atoms with Gasteiger partial charge in [0.05, 0.1) is 13.0 Å². The number of hydrogen-bond acceptors (Lipinski definition) is 5. The Morgan fingerprint density at radius 2 is 1.74 bits per heavy atom. The van der Waals surface area contributed by atoms with E-state index in [1.807, 2.05) is 4.90 Å². The minimum absolute atomic E-state index is 0.100. The van der Waals surface area contributed by atoms with Gasteiger partial charge in [-0.1, -0.05) is 12.1 Å². The number of anilines is 1. The highest BCUT2D eigenvalue weighted by molar-refractivity contribution is 5.79. The fourth-order valence-corrected chi connectivity index (χ4v) is 4.31. The summed E-state index contributed by atoms with van der Waals surface area (Å²) in [5.74, 6) is 0.147. The lowest BCUT2D eigenvalue weighted by atomic mass is 10.0. The summed E-state index contributed by atoms with van der Waals surface area (Å²) in [4.78, 5) is 28.2. The van der Waals surface area contributed by atoms with Crippen LogP contribution in [-0.4, -0.2) is 61.6 Å². The van der Waals surface area contributed by atoms with Gasteiger partial charge in [-0.05, 0) is 43.4 Å². The molecule has 3 saturated heterocycles. The summed E-state index contributed by atoms with van der Waals surface area (Å²) >= 11 is 0. The van der Waals surface area contributed by atoms with Crippen LogP contribution < -0.4 is 10.2 Å². The largest absolute Gasteiger partial charge is 0.464 e. The van der Waals surface area contributed by atoms with Crippen molar-refractivity contribution < 1.29 is 14.3 Å². The molecule has 3 aliphatic heterocycles. The van der Waals surface area contributed by atoms with Crippen LogP contribution in [0.4, 0.5) is 5.69 Å². The average molecular weight is 371 g/mol. The number of esters is 1. The summed E-state index contributed by atoms with van der Waals surface area (Å²) < 4.78 is 5.03. The first-order valence-corrected chi connectivity index (χ1v) is 10.2. The summed E-state index contributed by atoms with van der Waals surface area (Å²) in [5, 5.41) is 3.45. The molecule has 3 fully saturated rings. The van der Waals surface area contributed by atoms with Crippen molar-refractivity contribution in [3.05, 3.63) is 29.8 Å². The number of amides is 1. The molecule has 1 aromatic rings. The molecule has 3 heterocycles. The fourth-order valence-electron chi connectivity index (χ4n) is 4.31. The molecule has 1 unspecified atom stereocenters. The highest BCUT2D eigenvalue weighted by Crippen LogP contribution is 2.22. The molecule has 1 amide bonds. The molecular weight excluding hydrogens is 342 g/mol. The molecule has 0 saturated carbocycles. The van der Waals surface area contributed by atoms with E-state index in [0.717, 1.165) is 63.8 Å². The summed E-state index contributed by atoms with van der Waals surface area (Å²) in [6.07, 6.45) is 5.62. The topological polar surface area (TPSA) is 61.9 Å². The predicted molar refractivity (Wildman–Crippen MR) is 104 cm³/mol. The van der Waals surface area contributed by atoms with Gasteiger partial charge >= 0.3 is 5.97 Å². The molecule has 0 aromatic heterocycles. The summed E-state index contributed by atoms with van der Waals surface area (Å²) in [6.45, 7) is 4.33. The normalized spacial score (nSPS) is 23.7. The lowest BCUT2D eigenvalue weighted by molar-refractivity contribution is -0.139. The number of carbonyl (C=O) groups is 2. The van der Waals surface area contributed by atoms with Gasteiger partial charge in [0.15, 0.2) is 0 Å². The number of benzene rings is 1. The van der Waals surface area contributed by atoms with Gasteiger partial charge in [0.25, 0.3) is 0 Å². The number of rotatable bonds is 5. The highest BCUT2D eigenvalue weighted by atomic mass is 16.5. The van der Waals surface area contributed by atoms with Crippen LogP contribution in [0.1, 0.15) is 37.7 Å². The van der Waals surface area contributed by atoms with E-state index in [-0.39, 0.29) is 17.9 Å². The lowest BCUT2D eigenvalue weighted by Gasteiger charge is -2.34. The van der Waals surface area contributed by atoms with Crippen molar-refractivity contribution in [2.24, 2.45) is 0 Å². The van der Waals surface area contributed by atoms with Gasteiger partial charge in [0.1, 0.15) is 6.04 Å². The smallest absolute Gasteiger partial charge is 0.323 e. The van der Waals surface area contributed by atoms with E-state index in [9.17, 15) is 9.59 Å². The Morgan fingerprint density at radius 3 is 2.37 bits per heavy atom. The molecule has 146 valence electrons. The molecule has 0 bridgehead atoms. The molecule has 0 aliphatic carbocycles. The third kappa shape index (κ3) is 4.43. The van der Waals surface area contributed by atoms with E-state index in [4.69, 9.17) is 4.74 Å². The number of likely N-dealkylation sites (tertiary alicyclic amines) is 1. The second-order valence-corrected chi connectivity index (χ2v) is 7.87. The second-order valence-electron chi connectivity index (χ2n) is 7.87. The van der Waals surface area contributed by atoms with E-state index in [1.54, 1.807) is 0 Å². The quantitative estimate of drug-likeness (QED) is 0.799. The third-order valence-corrected chi connectivity index (χ3v) is 5.98. The van der Waals surface area contributed by atoms with Gasteiger partial charge in [0, 0.05) is 44.3 Å². The average Bonchev–Trinajstić information content (AvgIpc) is 3.36. The number of hydrogen-bond donors (Lipinski definition) is 1. The predicted octanol–water partition coefficient (Wildman–Crippen LogP) is 1.73. The molecule has 0 spiro atoms. The monoisotopic (exact) mass is 371 g/mol. The Kier molecular flexibility index (Phi) is 5.62. The lowest BCUT2D eigenvalue weighted by Crippen LogP contribution is -2.47. The summed E-state index contributed by atoms with van der Waals surface area (Å²) in [6, 6.07) is 8.71. The van der Waals surface area contributed by atoms with Crippen LogP contribution in [0.3, 0.4) is 0 Å². The van der Waals surface area contributed by atoms with Crippen molar-refractivity contribution in [3.63, 3.8) is 0 Å². The number of cyclic esters (lactones) is 1. The zero-order valence-electron chi connectivity index (χ0n) is 15.9. The molecule has 0 radical (unpaired) electrons. The van der Waals surface area contributed by atoms with Crippen LogP contribution in [0.15, 0.2) is 24.3 Å². The van der Waals surface area contributed by atoms with E-state index in [1.165, 1.54) is 5.69 Å². The van der Waals surface area contributed by atoms with Gasteiger partial charge in [-0.2, -0.15) is 0 Å². The molecule has 3 aliphatic rings. The zero-order chi connectivity index (χ0) is 18.6. The molecule has 1 atom stereocenters. The Labute approximate surface area is 160 Å². The zero-order valence-corrected chi connectivity index (χ0v) is 15.9. The maximum absolute atomic E-state index is 12.3. The number of nitrogens with zero attached hydrogens (tertiary/aromatic N) is 2. The van der Waals surface area contributed by atoms with Crippen molar-refractivity contribution in [3.8, 4) is 0 Å². The van der Waals surface area contributed by atoms with Crippen molar-refractivity contribution >= 4 is 17.6 Å². The number of piperidine rings is 1. The molecule has 1 N–H and O–H groups in total. The molecular formula is C21H29N3O3. The van der Waals surface area contributed by atoms with Crippen LogP contribution >= 0.6 is 0 Å². The molecule has 4 rings (SSSR count). The maximum atomic E-state index is 12.3. The van der Waals surface area contributed by atoms with E-state index in [0.29, 0.717) is 19.1 Å². The first kappa shape index (κ1) is 18.3. The third-order valence-electron chi connectivity index (χ3n) is 5.98. The summed E-state index contributed by atoms with van der Waals surface area (Å²) in [7, 11) is 0. The first-order valence-electron chi connectivity index (χ1n) is 10.2. The van der Waals surface area contributed by atoms with Crippen LogP contribution in [0.2, 0.25) is 0 Å². The highest BCUT2D eigenvalue weighted by Gasteiger charge is 2.30. The standard InChI is InChI=1S/C21H29N3O3/c25-20(24-10-1-2-11-24)15-16-3-5-18(6-4-16)23-12-7-17(8-13-23)22-19-9-14-27-21(19)26/h3-6,17,19,22H,1-2,7-15H2. The van der Waals surface area contributed by atoms with Crippen molar-refractivity contribution in [2.75, 3.05) is 37.7 Å². The van der Waals surface area contributed by atoms with Crippen LogP contribution in [0.5, 0.6) is 0 Å². The number of nitrogens with one attached hydrogen (secondary N) is 1. The first-order chi connectivity index (χ1) is 13.2. The second kappa shape index (κ2) is 8.30. The SMILES string of the molecule is O=C1OCCC1NC1CCN(c2ccc(CC(=O)N3CCCC3)cc2)CC1. The van der Waals surface area contributed by atoms with Crippen molar-refractivity contribution in [2.45, 2.75) is 50.6 Å². The molecule has 1 aromatic carbocycles. The van der Waals surface area contributed by atoms with E-state index >= 15 is 0 Å². The minimum Gasteiger partial charge on any atom is -0.464 e. The fraction of sp³-hybridized carbons (Fsp3) is 0.619. The van der Waals surface area contributed by atoms with Gasteiger partial charge < -0.3 is 19.9 Å². The van der Waals surface area contributed by atoms with Gasteiger partial charge in [-0.3, -0.25) is 9.59 Å². The maximum Gasteiger partial charge on any atom is 0.323 e. The minimum atomic E-state index is -0.117. The van der Waals surface area contributed by atoms with Gasteiger partial charge in [-0.15, -0.1) is 0 Å². The van der Waals surface area contributed by atoms with Crippen LogP contribution in [0.25, 0.3) is 0 Å². The van der Waals surface area contributed by atoms with Crippen LogP contribution in [-0.2, 0) is 20.7 Å². The Bertz CT molecular complexity index is 662. The summed E-state index contributed by atoms with van der Waals surface area (Å²) in [5.41, 5.74) is 2.30. The Balaban J connectivity index is 1.26. The molecule has 6 nitrogen and oxygen atoms in total. The van der Waals surface area contributed by atoms with Crippen molar-refractivity contribution in [1.29, 1.82) is 0 Å². The Morgan fingerprint density at radius 1 is 1.04 bits per heavy atom. The van der Waals surface area contributed by atoms with Crippen molar-refractivity contribution in [1.82, 2.24) is 10.2 Å². The molecule has 27 heavy (non-hydrogen) atoms. The van der Waals surface area contributed by atoms with Gasteiger partial charge in [-0.25, -0.2) is 0 Å². The molecule has 6 heteroatoms.